The third-order valence-electron chi connectivity index (χ3n) is 7.49. The van der Waals surface area contributed by atoms with Gasteiger partial charge in [-0.05, 0) is 73.5 Å². The van der Waals surface area contributed by atoms with Crippen LogP contribution in [-0.4, -0.2) is 26.7 Å². The standard InChI is InChI=1S/C35H26N5O/c1-23-9-8-10-24(2)35(23)39-21-31(38-22-39)25-17-26(36-3)19-28(18-25)41-27-14-15-30-29-11-4-5-12-32(29)40(33(30)20-27)34-13-6-7-16-37-34/h4-22,31H,1-2H3/q+1. The van der Waals surface area contributed by atoms with Crippen LogP contribution in [0.5, 0.6) is 11.5 Å². The zero-order valence-electron chi connectivity index (χ0n) is 22.7. The van der Waals surface area contributed by atoms with E-state index in [1.165, 1.54) is 11.1 Å². The van der Waals surface area contributed by atoms with Crippen LogP contribution in [0.15, 0.2) is 108 Å². The Morgan fingerprint density at radius 2 is 1.61 bits per heavy atom. The lowest BCUT2D eigenvalue weighted by Gasteiger charge is -2.11. The van der Waals surface area contributed by atoms with Crippen LogP contribution in [0.4, 0.5) is 11.4 Å². The van der Waals surface area contributed by atoms with Crippen molar-refractivity contribution in [3.05, 3.63) is 131 Å². The lowest BCUT2D eigenvalue weighted by molar-refractivity contribution is -0.287. The molecule has 196 valence electrons. The average molecular weight is 533 g/mol. The molecule has 0 saturated heterocycles. The molecule has 0 aliphatic carbocycles. The summed E-state index contributed by atoms with van der Waals surface area (Å²) in [5, 5.41) is 2.27. The van der Waals surface area contributed by atoms with Crippen molar-refractivity contribution in [1.29, 1.82) is 0 Å². The molecule has 6 heteroatoms. The summed E-state index contributed by atoms with van der Waals surface area (Å²) in [6.07, 6.45) is 5.74. The number of ether oxygens (including phenoxy) is 1. The van der Waals surface area contributed by atoms with Crippen molar-refractivity contribution in [3.8, 4) is 17.3 Å². The van der Waals surface area contributed by atoms with E-state index in [0.717, 1.165) is 38.9 Å². The van der Waals surface area contributed by atoms with Crippen LogP contribution in [0.3, 0.4) is 0 Å². The molecule has 7 rings (SSSR count). The molecule has 6 nitrogen and oxygen atoms in total. The number of rotatable bonds is 5. The summed E-state index contributed by atoms with van der Waals surface area (Å²) in [5.74, 6) is 2.13. The van der Waals surface area contributed by atoms with Gasteiger partial charge in [0.1, 0.15) is 29.2 Å². The summed E-state index contributed by atoms with van der Waals surface area (Å²) in [5.41, 5.74) is 7.00. The Balaban J connectivity index is 1.27. The van der Waals surface area contributed by atoms with E-state index >= 15 is 0 Å². The van der Waals surface area contributed by atoms with Crippen LogP contribution >= 0.6 is 0 Å². The van der Waals surface area contributed by atoms with E-state index in [0.29, 0.717) is 17.2 Å². The molecule has 0 radical (unpaired) electrons. The second-order valence-corrected chi connectivity index (χ2v) is 10.2. The van der Waals surface area contributed by atoms with Crippen molar-refractivity contribution in [2.24, 2.45) is 4.99 Å². The molecule has 0 fully saturated rings. The SMILES string of the molecule is [C-]#[N+]c1cc(Oc2ccc3c4ccccc4n(-c4ccccn4)c3c2)cc(C2C=[N+](c3c(C)cccc3C)C=N2)c1. The quantitative estimate of drug-likeness (QED) is 0.165. The summed E-state index contributed by atoms with van der Waals surface area (Å²) in [6, 6.07) is 32.0. The monoisotopic (exact) mass is 532 g/mol. The Hall–Kier alpha value is -5.54. The molecule has 3 heterocycles. The van der Waals surface area contributed by atoms with Gasteiger partial charge in [-0.1, -0.05) is 47.5 Å². The Morgan fingerprint density at radius 3 is 2.41 bits per heavy atom. The number of aromatic nitrogens is 2. The molecule has 2 aromatic heterocycles. The molecule has 6 aromatic rings. The second-order valence-electron chi connectivity index (χ2n) is 10.2. The molecule has 41 heavy (non-hydrogen) atoms. The molecule has 0 spiro atoms. The number of aliphatic imine (C=N–C) groups is 1. The molecular formula is C35H26N5O+. The molecule has 0 N–H and O–H groups in total. The summed E-state index contributed by atoms with van der Waals surface area (Å²) in [6.45, 7) is 11.9. The molecule has 1 aliphatic rings. The zero-order valence-corrected chi connectivity index (χ0v) is 22.7. The molecule has 0 bridgehead atoms. The third kappa shape index (κ3) is 4.34. The van der Waals surface area contributed by atoms with Crippen molar-refractivity contribution in [2.75, 3.05) is 0 Å². The topological polar surface area (TPSA) is 46.8 Å². The average Bonchev–Trinajstić information content (AvgIpc) is 3.60. The van der Waals surface area contributed by atoms with Gasteiger partial charge in [0.15, 0.2) is 5.69 Å². The highest BCUT2D eigenvalue weighted by Gasteiger charge is 2.25. The fraction of sp³-hybridized carbons (Fsp3) is 0.0857. The Morgan fingerprint density at radius 1 is 0.805 bits per heavy atom. The first kappa shape index (κ1) is 24.5. The minimum absolute atomic E-state index is 0.216. The lowest BCUT2D eigenvalue weighted by Crippen LogP contribution is -2.05. The first-order valence-corrected chi connectivity index (χ1v) is 13.5. The number of hydrogen-bond donors (Lipinski definition) is 0. The molecule has 0 saturated carbocycles. The predicted molar refractivity (Wildman–Crippen MR) is 164 cm³/mol. The van der Waals surface area contributed by atoms with Crippen molar-refractivity contribution < 1.29 is 9.31 Å². The highest BCUT2D eigenvalue weighted by molar-refractivity contribution is 6.09. The van der Waals surface area contributed by atoms with Gasteiger partial charge in [0.25, 0.3) is 6.34 Å². The number of nitrogens with zero attached hydrogens (tertiary/aromatic N) is 5. The van der Waals surface area contributed by atoms with Gasteiger partial charge in [0.2, 0.25) is 6.04 Å². The first-order valence-electron chi connectivity index (χ1n) is 13.5. The number of para-hydroxylation sites is 2. The van der Waals surface area contributed by atoms with E-state index in [4.69, 9.17) is 16.3 Å². The minimum atomic E-state index is -0.216. The first-order chi connectivity index (χ1) is 20.1. The van der Waals surface area contributed by atoms with Gasteiger partial charge >= 0.3 is 0 Å². The number of benzene rings is 4. The summed E-state index contributed by atoms with van der Waals surface area (Å²) in [4.78, 5) is 13.1. The van der Waals surface area contributed by atoms with E-state index in [1.807, 2.05) is 54.9 Å². The normalized spacial score (nSPS) is 14.4. The molecule has 1 atom stereocenters. The van der Waals surface area contributed by atoms with E-state index in [2.05, 4.69) is 81.5 Å². The van der Waals surface area contributed by atoms with Crippen molar-refractivity contribution in [3.63, 3.8) is 0 Å². The van der Waals surface area contributed by atoms with Gasteiger partial charge in [0, 0.05) is 28.6 Å². The minimum Gasteiger partial charge on any atom is -0.459 e. The van der Waals surface area contributed by atoms with E-state index in [1.54, 1.807) is 12.3 Å². The van der Waals surface area contributed by atoms with Crippen LogP contribution in [0, 0.1) is 20.4 Å². The Kier molecular flexibility index (Phi) is 5.91. The van der Waals surface area contributed by atoms with Gasteiger partial charge in [-0.25, -0.2) is 14.4 Å². The van der Waals surface area contributed by atoms with Crippen LogP contribution in [0.25, 0.3) is 32.5 Å². The highest BCUT2D eigenvalue weighted by Crippen LogP contribution is 2.37. The van der Waals surface area contributed by atoms with Gasteiger partial charge in [0.05, 0.1) is 17.6 Å². The van der Waals surface area contributed by atoms with Crippen molar-refractivity contribution in [1.82, 2.24) is 9.55 Å². The van der Waals surface area contributed by atoms with Gasteiger partial charge in [-0.2, -0.15) is 0 Å². The Bertz CT molecular complexity index is 2040. The van der Waals surface area contributed by atoms with Crippen LogP contribution in [-0.2, 0) is 0 Å². The Labute approximate surface area is 238 Å². The van der Waals surface area contributed by atoms with Crippen LogP contribution in [0.2, 0.25) is 0 Å². The predicted octanol–water partition coefficient (Wildman–Crippen LogP) is 8.64. The van der Waals surface area contributed by atoms with Gasteiger partial charge in [-0.3, -0.25) is 4.57 Å². The summed E-state index contributed by atoms with van der Waals surface area (Å²) >= 11 is 0. The van der Waals surface area contributed by atoms with Crippen molar-refractivity contribution in [2.45, 2.75) is 19.9 Å². The van der Waals surface area contributed by atoms with E-state index < -0.39 is 0 Å². The second kappa shape index (κ2) is 9.89. The number of pyridine rings is 1. The van der Waals surface area contributed by atoms with Gasteiger partial charge < -0.3 is 4.74 Å². The largest absolute Gasteiger partial charge is 0.459 e. The number of fused-ring (bicyclic) bond motifs is 3. The maximum Gasteiger partial charge on any atom is 0.286 e. The van der Waals surface area contributed by atoms with Crippen LogP contribution in [0.1, 0.15) is 22.7 Å². The molecular weight excluding hydrogens is 506 g/mol. The van der Waals surface area contributed by atoms with E-state index in [9.17, 15) is 0 Å². The summed E-state index contributed by atoms with van der Waals surface area (Å²) < 4.78 is 10.6. The third-order valence-corrected chi connectivity index (χ3v) is 7.49. The number of aryl methyl sites for hydroxylation is 2. The van der Waals surface area contributed by atoms with E-state index in [-0.39, 0.29) is 6.04 Å². The molecule has 1 unspecified atom stereocenters. The fourth-order valence-corrected chi connectivity index (χ4v) is 5.67. The number of hydrogen-bond acceptors (Lipinski definition) is 3. The maximum atomic E-state index is 7.71. The highest BCUT2D eigenvalue weighted by atomic mass is 16.5. The molecule has 0 amide bonds. The van der Waals surface area contributed by atoms with Crippen LogP contribution < -0.4 is 4.74 Å². The zero-order chi connectivity index (χ0) is 27.9. The smallest absolute Gasteiger partial charge is 0.286 e. The lowest BCUT2D eigenvalue weighted by atomic mass is 10.1. The maximum absolute atomic E-state index is 7.71. The summed E-state index contributed by atoms with van der Waals surface area (Å²) in [7, 11) is 0. The van der Waals surface area contributed by atoms with Crippen molar-refractivity contribution >= 4 is 45.7 Å². The molecule has 4 aromatic carbocycles. The molecule has 1 aliphatic heterocycles. The fourth-order valence-electron chi connectivity index (χ4n) is 5.67. The van der Waals surface area contributed by atoms with Gasteiger partial charge in [-0.15, -0.1) is 0 Å².